The standard InChI is InChI=1S/C13H22N2O2S/c1-13(2,3)10-9-18-11(14-10)8-15(4)7-5-6-12(16)17/h9H,5-8H2,1-4H3,(H,16,17). The largest absolute Gasteiger partial charge is 0.481 e. The van der Waals surface area contributed by atoms with Gasteiger partial charge in [0.05, 0.1) is 12.2 Å². The molecule has 0 unspecified atom stereocenters. The third kappa shape index (κ3) is 5.14. The van der Waals surface area contributed by atoms with Crippen molar-refractivity contribution < 1.29 is 9.90 Å². The molecule has 0 fully saturated rings. The highest BCUT2D eigenvalue weighted by molar-refractivity contribution is 7.09. The van der Waals surface area contributed by atoms with Crippen LogP contribution >= 0.6 is 11.3 Å². The molecule has 4 nitrogen and oxygen atoms in total. The van der Waals surface area contributed by atoms with Gasteiger partial charge in [0, 0.05) is 17.2 Å². The zero-order valence-electron chi connectivity index (χ0n) is 11.6. The van der Waals surface area contributed by atoms with Crippen molar-refractivity contribution in [3.05, 3.63) is 16.1 Å². The average Bonchev–Trinajstić information content (AvgIpc) is 2.64. The Balaban J connectivity index is 2.42. The summed E-state index contributed by atoms with van der Waals surface area (Å²) in [6.07, 6.45) is 0.915. The van der Waals surface area contributed by atoms with Crippen LogP contribution in [-0.4, -0.2) is 34.6 Å². The molecule has 0 atom stereocenters. The summed E-state index contributed by atoms with van der Waals surface area (Å²) >= 11 is 1.68. The van der Waals surface area contributed by atoms with E-state index in [0.717, 1.165) is 23.8 Å². The maximum Gasteiger partial charge on any atom is 0.303 e. The van der Waals surface area contributed by atoms with Gasteiger partial charge < -0.3 is 5.11 Å². The first-order valence-electron chi connectivity index (χ1n) is 6.14. The van der Waals surface area contributed by atoms with Crippen LogP contribution < -0.4 is 0 Å². The second-order valence-corrected chi connectivity index (χ2v) is 6.55. The Morgan fingerprint density at radius 2 is 2.17 bits per heavy atom. The minimum atomic E-state index is -0.729. The van der Waals surface area contributed by atoms with E-state index in [0.29, 0.717) is 6.42 Å². The highest BCUT2D eigenvalue weighted by Crippen LogP contribution is 2.24. The summed E-state index contributed by atoms with van der Waals surface area (Å²) in [5.74, 6) is -0.729. The van der Waals surface area contributed by atoms with Gasteiger partial charge in [-0.2, -0.15) is 0 Å². The summed E-state index contributed by atoms with van der Waals surface area (Å²) < 4.78 is 0. The molecule has 0 aliphatic heterocycles. The van der Waals surface area contributed by atoms with Gasteiger partial charge >= 0.3 is 5.97 Å². The third-order valence-electron chi connectivity index (χ3n) is 2.66. The fourth-order valence-corrected chi connectivity index (χ4v) is 2.64. The van der Waals surface area contributed by atoms with Crippen LogP contribution in [0, 0.1) is 0 Å². The number of aliphatic carboxylic acids is 1. The number of hydrogen-bond acceptors (Lipinski definition) is 4. The molecule has 18 heavy (non-hydrogen) atoms. The lowest BCUT2D eigenvalue weighted by Crippen LogP contribution is -2.20. The Bertz CT molecular complexity index is 396. The second kappa shape index (κ2) is 6.29. The number of aromatic nitrogens is 1. The Hall–Kier alpha value is -0.940. The lowest BCUT2D eigenvalue weighted by atomic mass is 9.93. The van der Waals surface area contributed by atoms with Crippen molar-refractivity contribution in [1.82, 2.24) is 9.88 Å². The SMILES string of the molecule is CN(CCCC(=O)O)Cc1nc(C(C)(C)C)cs1. The van der Waals surface area contributed by atoms with Gasteiger partial charge in [-0.1, -0.05) is 20.8 Å². The first-order chi connectivity index (χ1) is 8.29. The highest BCUT2D eigenvalue weighted by Gasteiger charge is 2.17. The van der Waals surface area contributed by atoms with Crippen LogP contribution in [0.15, 0.2) is 5.38 Å². The van der Waals surface area contributed by atoms with Crippen molar-refractivity contribution in [2.75, 3.05) is 13.6 Å². The highest BCUT2D eigenvalue weighted by atomic mass is 32.1. The van der Waals surface area contributed by atoms with Gasteiger partial charge in [-0.05, 0) is 20.0 Å². The summed E-state index contributed by atoms with van der Waals surface area (Å²) in [5, 5.41) is 11.8. The Morgan fingerprint density at radius 3 is 2.67 bits per heavy atom. The smallest absolute Gasteiger partial charge is 0.303 e. The molecule has 0 radical (unpaired) electrons. The van der Waals surface area contributed by atoms with Crippen LogP contribution in [-0.2, 0) is 16.8 Å². The van der Waals surface area contributed by atoms with Crippen molar-refractivity contribution in [3.63, 3.8) is 0 Å². The third-order valence-corrected chi connectivity index (χ3v) is 3.49. The van der Waals surface area contributed by atoms with Crippen LogP contribution in [0.4, 0.5) is 0 Å². The predicted molar refractivity (Wildman–Crippen MR) is 74.0 cm³/mol. The van der Waals surface area contributed by atoms with E-state index in [1.54, 1.807) is 11.3 Å². The van der Waals surface area contributed by atoms with E-state index < -0.39 is 5.97 Å². The minimum absolute atomic E-state index is 0.0939. The Morgan fingerprint density at radius 1 is 1.50 bits per heavy atom. The fourth-order valence-electron chi connectivity index (χ4n) is 1.54. The molecule has 5 heteroatoms. The second-order valence-electron chi connectivity index (χ2n) is 5.61. The fraction of sp³-hybridized carbons (Fsp3) is 0.692. The molecule has 0 aliphatic carbocycles. The number of rotatable bonds is 6. The van der Waals surface area contributed by atoms with Crippen molar-refractivity contribution in [3.8, 4) is 0 Å². The normalized spacial score (nSPS) is 12.1. The molecule has 1 heterocycles. The number of carboxylic acid groups (broad SMARTS) is 1. The molecule has 1 aromatic heterocycles. The zero-order chi connectivity index (χ0) is 13.8. The minimum Gasteiger partial charge on any atom is -0.481 e. The first kappa shape index (κ1) is 15.1. The number of thiazole rings is 1. The Labute approximate surface area is 113 Å². The van der Waals surface area contributed by atoms with Crippen LogP contribution in [0.3, 0.4) is 0 Å². The van der Waals surface area contributed by atoms with Gasteiger partial charge in [-0.3, -0.25) is 9.69 Å². The van der Waals surface area contributed by atoms with Crippen LogP contribution in [0.5, 0.6) is 0 Å². The number of nitrogens with zero attached hydrogens (tertiary/aromatic N) is 2. The number of hydrogen-bond donors (Lipinski definition) is 1. The molecule has 0 bridgehead atoms. The van der Waals surface area contributed by atoms with Crippen molar-refractivity contribution in [2.45, 2.75) is 45.6 Å². The number of carboxylic acids is 1. The first-order valence-corrected chi connectivity index (χ1v) is 7.02. The van der Waals surface area contributed by atoms with Gasteiger partial charge in [0.15, 0.2) is 0 Å². The quantitative estimate of drug-likeness (QED) is 0.863. The molecular formula is C13H22N2O2S. The van der Waals surface area contributed by atoms with Crippen molar-refractivity contribution >= 4 is 17.3 Å². The monoisotopic (exact) mass is 270 g/mol. The number of carbonyl (C=O) groups is 1. The summed E-state index contributed by atoms with van der Waals surface area (Å²) in [5.41, 5.74) is 1.22. The van der Waals surface area contributed by atoms with E-state index in [-0.39, 0.29) is 11.8 Å². The maximum atomic E-state index is 10.4. The van der Waals surface area contributed by atoms with Gasteiger partial charge in [0.1, 0.15) is 5.01 Å². The zero-order valence-corrected chi connectivity index (χ0v) is 12.4. The molecule has 0 saturated carbocycles. The molecule has 1 N–H and O–H groups in total. The van der Waals surface area contributed by atoms with Crippen LogP contribution in [0.25, 0.3) is 0 Å². The lowest BCUT2D eigenvalue weighted by molar-refractivity contribution is -0.137. The molecule has 0 spiro atoms. The topological polar surface area (TPSA) is 53.4 Å². The maximum absolute atomic E-state index is 10.4. The Kier molecular flexibility index (Phi) is 5.28. The van der Waals surface area contributed by atoms with Crippen LogP contribution in [0.1, 0.15) is 44.3 Å². The molecule has 1 aromatic rings. The van der Waals surface area contributed by atoms with Crippen LogP contribution in [0.2, 0.25) is 0 Å². The van der Waals surface area contributed by atoms with Gasteiger partial charge in [0.25, 0.3) is 0 Å². The molecule has 0 saturated heterocycles. The van der Waals surface area contributed by atoms with E-state index in [1.807, 2.05) is 7.05 Å². The lowest BCUT2D eigenvalue weighted by Gasteiger charge is -2.16. The van der Waals surface area contributed by atoms with Crippen molar-refractivity contribution in [2.24, 2.45) is 0 Å². The van der Waals surface area contributed by atoms with Gasteiger partial charge in [0.2, 0.25) is 0 Å². The van der Waals surface area contributed by atoms with Gasteiger partial charge in [-0.25, -0.2) is 4.98 Å². The predicted octanol–water partition coefficient (Wildman–Crippen LogP) is 2.74. The van der Waals surface area contributed by atoms with E-state index in [1.165, 1.54) is 0 Å². The summed E-state index contributed by atoms with van der Waals surface area (Å²) in [6.45, 7) is 8.05. The van der Waals surface area contributed by atoms with Crippen molar-refractivity contribution in [1.29, 1.82) is 0 Å². The summed E-state index contributed by atoms with van der Waals surface area (Å²) in [7, 11) is 2.00. The summed E-state index contributed by atoms with van der Waals surface area (Å²) in [6, 6.07) is 0. The van der Waals surface area contributed by atoms with E-state index in [2.05, 4.69) is 36.0 Å². The van der Waals surface area contributed by atoms with E-state index >= 15 is 0 Å². The molecule has 1 rings (SSSR count). The van der Waals surface area contributed by atoms with Gasteiger partial charge in [-0.15, -0.1) is 11.3 Å². The molecule has 0 aromatic carbocycles. The molecule has 0 amide bonds. The average molecular weight is 270 g/mol. The van der Waals surface area contributed by atoms with E-state index in [9.17, 15) is 4.79 Å². The summed E-state index contributed by atoms with van der Waals surface area (Å²) in [4.78, 5) is 17.2. The molecule has 0 aliphatic rings. The molecular weight excluding hydrogens is 248 g/mol. The van der Waals surface area contributed by atoms with E-state index in [4.69, 9.17) is 5.11 Å². The molecule has 102 valence electrons.